The third-order valence-electron chi connectivity index (χ3n) is 3.84. The number of ether oxygens (including phenoxy) is 1. The molecule has 2 aromatic carbocycles. The topological polar surface area (TPSA) is 58.6 Å². The van der Waals surface area contributed by atoms with Crippen molar-refractivity contribution in [3.8, 4) is 5.75 Å². The van der Waals surface area contributed by atoms with E-state index in [2.05, 4.69) is 5.32 Å². The molecule has 0 saturated carbocycles. The van der Waals surface area contributed by atoms with E-state index in [1.807, 2.05) is 0 Å². The van der Waals surface area contributed by atoms with Crippen molar-refractivity contribution in [2.24, 2.45) is 0 Å². The van der Waals surface area contributed by atoms with Crippen LogP contribution >= 0.6 is 0 Å². The number of anilines is 1. The lowest BCUT2D eigenvalue weighted by atomic mass is 10.1. The molecule has 0 heterocycles. The summed E-state index contributed by atoms with van der Waals surface area (Å²) < 4.78 is 44.3. The van der Waals surface area contributed by atoms with Crippen LogP contribution in [0.2, 0.25) is 0 Å². The van der Waals surface area contributed by atoms with Crippen molar-refractivity contribution in [1.82, 2.24) is 4.90 Å². The second-order valence-corrected chi connectivity index (χ2v) is 5.78. The fourth-order valence-electron chi connectivity index (χ4n) is 2.52. The van der Waals surface area contributed by atoms with Gasteiger partial charge in [0.1, 0.15) is 12.3 Å². The summed E-state index contributed by atoms with van der Waals surface area (Å²) in [5, 5.41) is 2.23. The van der Waals surface area contributed by atoms with Crippen molar-refractivity contribution in [1.29, 1.82) is 0 Å². The van der Waals surface area contributed by atoms with Gasteiger partial charge in [-0.1, -0.05) is 30.3 Å². The summed E-state index contributed by atoms with van der Waals surface area (Å²) in [5.41, 5.74) is -0.619. The number of nitrogens with one attached hydrogen (secondary N) is 1. The van der Waals surface area contributed by atoms with Crippen molar-refractivity contribution >= 4 is 17.5 Å². The van der Waals surface area contributed by atoms with Crippen molar-refractivity contribution in [2.75, 3.05) is 19.0 Å². The highest BCUT2D eigenvalue weighted by atomic mass is 19.4. The minimum absolute atomic E-state index is 0.0910. The average Bonchev–Trinajstić information content (AvgIpc) is 2.61. The Morgan fingerprint density at radius 1 is 1.07 bits per heavy atom. The Morgan fingerprint density at radius 3 is 2.33 bits per heavy atom. The van der Waals surface area contributed by atoms with Gasteiger partial charge in [0.2, 0.25) is 11.8 Å². The Morgan fingerprint density at radius 2 is 1.70 bits per heavy atom. The summed E-state index contributed by atoms with van der Waals surface area (Å²) >= 11 is 0. The van der Waals surface area contributed by atoms with Crippen LogP contribution in [0.3, 0.4) is 0 Å². The first-order chi connectivity index (χ1) is 12.7. The molecule has 5 nitrogen and oxygen atoms in total. The molecule has 0 unspecified atom stereocenters. The van der Waals surface area contributed by atoms with Crippen LogP contribution in [0.25, 0.3) is 0 Å². The molecule has 2 aromatic rings. The second kappa shape index (κ2) is 8.57. The molecule has 27 heavy (non-hydrogen) atoms. The first kappa shape index (κ1) is 20.3. The van der Waals surface area contributed by atoms with E-state index < -0.39 is 17.6 Å². The molecule has 0 fully saturated rings. The van der Waals surface area contributed by atoms with Crippen LogP contribution in [0.5, 0.6) is 5.75 Å². The van der Waals surface area contributed by atoms with Gasteiger partial charge in [-0.25, -0.2) is 0 Å². The number of rotatable bonds is 6. The van der Waals surface area contributed by atoms with E-state index in [0.29, 0.717) is 11.3 Å². The van der Waals surface area contributed by atoms with E-state index in [9.17, 15) is 22.8 Å². The van der Waals surface area contributed by atoms with Crippen LogP contribution in [0, 0.1) is 0 Å². The highest BCUT2D eigenvalue weighted by Crippen LogP contribution is 2.34. The third-order valence-corrected chi connectivity index (χ3v) is 3.84. The van der Waals surface area contributed by atoms with Gasteiger partial charge in [-0.3, -0.25) is 9.59 Å². The number of hydrogen-bond donors (Lipinski definition) is 1. The number of benzene rings is 2. The van der Waals surface area contributed by atoms with Gasteiger partial charge in [0.15, 0.2) is 0 Å². The Hall–Kier alpha value is -3.03. The van der Waals surface area contributed by atoms with Gasteiger partial charge in [0.25, 0.3) is 0 Å². The summed E-state index contributed by atoms with van der Waals surface area (Å²) in [7, 11) is 1.48. The van der Waals surface area contributed by atoms with Crippen molar-refractivity contribution in [3.63, 3.8) is 0 Å². The van der Waals surface area contributed by atoms with Crippen LogP contribution < -0.4 is 10.1 Å². The maximum absolute atomic E-state index is 13.0. The number of carbonyl (C=O) groups excluding carboxylic acids is 2. The van der Waals surface area contributed by atoms with E-state index in [1.165, 1.54) is 37.1 Å². The summed E-state index contributed by atoms with van der Waals surface area (Å²) in [6.45, 7) is 0.986. The number of nitrogens with zero attached hydrogens (tertiary/aromatic N) is 1. The molecule has 0 aliphatic carbocycles. The molecule has 0 aromatic heterocycles. The molecule has 144 valence electrons. The summed E-state index contributed by atoms with van der Waals surface area (Å²) in [6, 6.07) is 11.7. The molecule has 0 bridgehead atoms. The lowest BCUT2D eigenvalue weighted by molar-refractivity contribution is -0.137. The zero-order valence-corrected chi connectivity index (χ0v) is 14.8. The van der Waals surface area contributed by atoms with E-state index in [0.717, 1.165) is 6.07 Å². The summed E-state index contributed by atoms with van der Waals surface area (Å²) in [5.74, 6) is -0.566. The van der Waals surface area contributed by atoms with Crippen LogP contribution in [0.15, 0.2) is 48.5 Å². The number of carbonyl (C=O) groups is 2. The second-order valence-electron chi connectivity index (χ2n) is 5.78. The smallest absolute Gasteiger partial charge is 0.418 e. The maximum atomic E-state index is 13.0. The van der Waals surface area contributed by atoms with Gasteiger partial charge in [-0.2, -0.15) is 13.2 Å². The third kappa shape index (κ3) is 5.47. The van der Waals surface area contributed by atoms with Gasteiger partial charge in [0, 0.05) is 19.0 Å². The predicted molar refractivity (Wildman–Crippen MR) is 94.2 cm³/mol. The lowest BCUT2D eigenvalue weighted by Gasteiger charge is -2.22. The van der Waals surface area contributed by atoms with Gasteiger partial charge >= 0.3 is 6.18 Å². The molecule has 8 heteroatoms. The predicted octanol–water partition coefficient (Wildman–Crippen LogP) is 3.70. The largest absolute Gasteiger partial charge is 0.496 e. The molecule has 2 rings (SSSR count). The van der Waals surface area contributed by atoms with Crippen LogP contribution in [0.4, 0.5) is 18.9 Å². The molecule has 0 aliphatic heterocycles. The Balaban J connectivity index is 2.14. The fraction of sp³-hybridized carbons (Fsp3) is 0.263. The molecule has 0 spiro atoms. The normalized spacial score (nSPS) is 11.0. The van der Waals surface area contributed by atoms with E-state index in [1.54, 1.807) is 24.3 Å². The highest BCUT2D eigenvalue weighted by Gasteiger charge is 2.33. The number of hydrogen-bond acceptors (Lipinski definition) is 3. The summed E-state index contributed by atoms with van der Waals surface area (Å²) in [6.07, 6.45) is -4.60. The average molecular weight is 380 g/mol. The highest BCUT2D eigenvalue weighted by molar-refractivity contribution is 5.95. The van der Waals surface area contributed by atoms with E-state index in [-0.39, 0.29) is 24.7 Å². The zero-order valence-electron chi connectivity index (χ0n) is 14.8. The van der Waals surface area contributed by atoms with Gasteiger partial charge in [-0.05, 0) is 18.2 Å². The number of alkyl halides is 3. The van der Waals surface area contributed by atoms with E-state index >= 15 is 0 Å². The molecule has 0 radical (unpaired) electrons. The number of halogens is 3. The SMILES string of the molecule is COc1ccccc1CN(CC(=O)Nc1ccccc1C(F)(F)F)C(C)=O. The van der Waals surface area contributed by atoms with Crippen molar-refractivity contribution in [2.45, 2.75) is 19.6 Å². The molecule has 2 amide bonds. The van der Waals surface area contributed by atoms with Gasteiger partial charge in [0.05, 0.1) is 18.4 Å². The van der Waals surface area contributed by atoms with E-state index in [4.69, 9.17) is 4.74 Å². The molecule has 0 atom stereocenters. The van der Waals surface area contributed by atoms with Crippen molar-refractivity contribution < 1.29 is 27.5 Å². The maximum Gasteiger partial charge on any atom is 0.418 e. The van der Waals surface area contributed by atoms with Crippen LogP contribution in [-0.4, -0.2) is 30.4 Å². The molecular formula is C19H19F3N2O3. The van der Waals surface area contributed by atoms with Crippen molar-refractivity contribution in [3.05, 3.63) is 59.7 Å². The number of para-hydroxylation sites is 2. The fourth-order valence-corrected chi connectivity index (χ4v) is 2.52. The first-order valence-corrected chi connectivity index (χ1v) is 8.06. The minimum Gasteiger partial charge on any atom is -0.496 e. The number of amides is 2. The number of methoxy groups -OCH3 is 1. The summed E-state index contributed by atoms with van der Waals surface area (Å²) in [4.78, 5) is 25.4. The standard InChI is InChI=1S/C19H19F3N2O3/c1-13(25)24(11-14-7-3-6-10-17(14)27-2)12-18(26)23-16-9-5-4-8-15(16)19(20,21)22/h3-10H,11-12H2,1-2H3,(H,23,26). The molecule has 0 saturated heterocycles. The molecule has 1 N–H and O–H groups in total. The lowest BCUT2D eigenvalue weighted by Crippen LogP contribution is -2.36. The molecular weight excluding hydrogens is 361 g/mol. The minimum atomic E-state index is -4.60. The van der Waals surface area contributed by atoms with Gasteiger partial charge in [-0.15, -0.1) is 0 Å². The zero-order chi connectivity index (χ0) is 20.0. The first-order valence-electron chi connectivity index (χ1n) is 8.06. The Labute approximate surface area is 154 Å². The van der Waals surface area contributed by atoms with Crippen LogP contribution in [-0.2, 0) is 22.3 Å². The Bertz CT molecular complexity index is 822. The Kier molecular flexibility index (Phi) is 6.44. The molecule has 0 aliphatic rings. The van der Waals surface area contributed by atoms with Crippen LogP contribution in [0.1, 0.15) is 18.1 Å². The monoisotopic (exact) mass is 380 g/mol. The van der Waals surface area contributed by atoms with Gasteiger partial charge < -0.3 is 15.0 Å². The quantitative estimate of drug-likeness (QED) is 0.831.